The summed E-state index contributed by atoms with van der Waals surface area (Å²) >= 11 is 3.56. The van der Waals surface area contributed by atoms with Gasteiger partial charge in [0, 0.05) is 24.2 Å². The third kappa shape index (κ3) is 2.59. The first-order valence-electron chi connectivity index (χ1n) is 7.07. The zero-order chi connectivity index (χ0) is 13.9. The van der Waals surface area contributed by atoms with Crippen LogP contribution in [-0.4, -0.2) is 19.7 Å². The van der Waals surface area contributed by atoms with Gasteiger partial charge in [0.05, 0.1) is 6.54 Å². The van der Waals surface area contributed by atoms with Crippen LogP contribution in [0.1, 0.15) is 30.1 Å². The molecule has 1 aromatic carbocycles. The maximum Gasteiger partial charge on any atom is 0.345 e. The maximum absolute atomic E-state index is 12.3. The molecule has 0 bridgehead atoms. The molecule has 0 aliphatic carbocycles. The molecule has 2 aromatic rings. The van der Waals surface area contributed by atoms with Crippen LogP contribution in [0, 0.1) is 0 Å². The van der Waals surface area contributed by atoms with E-state index in [0.29, 0.717) is 6.54 Å². The zero-order valence-corrected chi connectivity index (χ0v) is 12.9. The fourth-order valence-electron chi connectivity index (χ4n) is 2.74. The van der Waals surface area contributed by atoms with Crippen molar-refractivity contribution in [3.05, 3.63) is 52.2 Å². The SMILES string of the molecule is O=c1n(CC(CBr)c2ccccc2)nc2n1CCCC2. The first-order valence-corrected chi connectivity index (χ1v) is 8.19. The summed E-state index contributed by atoms with van der Waals surface area (Å²) < 4.78 is 3.47. The molecule has 1 aliphatic rings. The molecule has 106 valence electrons. The van der Waals surface area contributed by atoms with E-state index in [4.69, 9.17) is 0 Å². The largest absolute Gasteiger partial charge is 0.345 e. The molecule has 1 unspecified atom stereocenters. The average Bonchev–Trinajstić information content (AvgIpc) is 2.82. The molecule has 0 saturated carbocycles. The van der Waals surface area contributed by atoms with Gasteiger partial charge in [-0.25, -0.2) is 9.48 Å². The van der Waals surface area contributed by atoms with Crippen molar-refractivity contribution in [2.75, 3.05) is 5.33 Å². The predicted octanol–water partition coefficient (Wildman–Crippen LogP) is 2.56. The van der Waals surface area contributed by atoms with Gasteiger partial charge in [0.25, 0.3) is 0 Å². The molecular weight excluding hydrogens is 318 g/mol. The normalized spacial score (nSPS) is 15.8. The molecule has 0 radical (unpaired) electrons. The van der Waals surface area contributed by atoms with Crippen molar-refractivity contribution in [1.82, 2.24) is 14.3 Å². The minimum absolute atomic E-state index is 0.0431. The highest BCUT2D eigenvalue weighted by Gasteiger charge is 2.19. The monoisotopic (exact) mass is 335 g/mol. The Morgan fingerprint density at radius 3 is 2.75 bits per heavy atom. The van der Waals surface area contributed by atoms with Crippen molar-refractivity contribution in [1.29, 1.82) is 0 Å². The molecule has 4 nitrogen and oxygen atoms in total. The molecule has 1 aromatic heterocycles. The minimum atomic E-state index is 0.0431. The molecule has 2 heterocycles. The van der Waals surface area contributed by atoms with Crippen LogP contribution in [0.3, 0.4) is 0 Å². The Hall–Kier alpha value is -1.36. The Balaban J connectivity index is 1.87. The Bertz CT molecular complexity index is 632. The molecule has 5 heteroatoms. The van der Waals surface area contributed by atoms with Gasteiger partial charge in [-0.15, -0.1) is 0 Å². The zero-order valence-electron chi connectivity index (χ0n) is 11.3. The van der Waals surface area contributed by atoms with Gasteiger partial charge in [0.1, 0.15) is 5.82 Å². The number of benzene rings is 1. The van der Waals surface area contributed by atoms with E-state index in [1.54, 1.807) is 4.68 Å². The molecule has 0 fully saturated rings. The first kappa shape index (κ1) is 13.6. The number of hydrogen-bond donors (Lipinski definition) is 0. The van der Waals surface area contributed by atoms with Crippen LogP contribution in [0.5, 0.6) is 0 Å². The van der Waals surface area contributed by atoms with Crippen molar-refractivity contribution in [2.24, 2.45) is 0 Å². The number of rotatable bonds is 4. The smallest absolute Gasteiger partial charge is 0.279 e. The van der Waals surface area contributed by atoms with Crippen LogP contribution in [0.15, 0.2) is 35.1 Å². The summed E-state index contributed by atoms with van der Waals surface area (Å²) in [7, 11) is 0. The summed E-state index contributed by atoms with van der Waals surface area (Å²) in [5.41, 5.74) is 1.28. The average molecular weight is 336 g/mol. The molecular formula is C15H18BrN3O. The van der Waals surface area contributed by atoms with E-state index in [1.807, 2.05) is 22.8 Å². The summed E-state index contributed by atoms with van der Waals surface area (Å²) in [4.78, 5) is 12.3. The summed E-state index contributed by atoms with van der Waals surface area (Å²) in [5.74, 6) is 1.22. The highest BCUT2D eigenvalue weighted by atomic mass is 79.9. The number of aryl methyl sites for hydroxylation is 1. The summed E-state index contributed by atoms with van der Waals surface area (Å²) in [6, 6.07) is 10.3. The third-order valence-electron chi connectivity index (χ3n) is 3.88. The Labute approximate surface area is 126 Å². The number of aromatic nitrogens is 3. The molecule has 0 saturated heterocycles. The van der Waals surface area contributed by atoms with Gasteiger partial charge in [-0.2, -0.15) is 5.10 Å². The molecule has 1 atom stereocenters. The Kier molecular flexibility index (Phi) is 4.05. The van der Waals surface area contributed by atoms with Gasteiger partial charge >= 0.3 is 5.69 Å². The van der Waals surface area contributed by atoms with Crippen LogP contribution in [0.2, 0.25) is 0 Å². The van der Waals surface area contributed by atoms with Crippen LogP contribution in [0.4, 0.5) is 0 Å². The molecule has 0 spiro atoms. The second-order valence-electron chi connectivity index (χ2n) is 5.25. The van der Waals surface area contributed by atoms with Gasteiger partial charge in [-0.05, 0) is 18.4 Å². The van der Waals surface area contributed by atoms with Crippen LogP contribution in [-0.2, 0) is 19.5 Å². The molecule has 3 rings (SSSR count). The molecule has 0 amide bonds. The molecule has 0 N–H and O–H groups in total. The second-order valence-corrected chi connectivity index (χ2v) is 5.90. The molecule has 1 aliphatic heterocycles. The van der Waals surface area contributed by atoms with Crippen molar-refractivity contribution >= 4 is 15.9 Å². The van der Waals surface area contributed by atoms with E-state index in [0.717, 1.165) is 37.0 Å². The van der Waals surface area contributed by atoms with Gasteiger partial charge in [0.15, 0.2) is 0 Å². The number of fused-ring (bicyclic) bond motifs is 1. The highest BCUT2D eigenvalue weighted by molar-refractivity contribution is 9.09. The van der Waals surface area contributed by atoms with Gasteiger partial charge < -0.3 is 0 Å². The fourth-order valence-corrected chi connectivity index (χ4v) is 3.32. The summed E-state index contributed by atoms with van der Waals surface area (Å²) in [5, 5.41) is 5.33. The fraction of sp³-hybridized carbons (Fsp3) is 0.467. The predicted molar refractivity (Wildman–Crippen MR) is 82.4 cm³/mol. The lowest BCUT2D eigenvalue weighted by atomic mass is 10.0. The molecule has 20 heavy (non-hydrogen) atoms. The van der Waals surface area contributed by atoms with Crippen LogP contribution >= 0.6 is 15.9 Å². The van der Waals surface area contributed by atoms with Crippen molar-refractivity contribution in [2.45, 2.75) is 38.3 Å². The lowest BCUT2D eigenvalue weighted by Crippen LogP contribution is -2.28. The van der Waals surface area contributed by atoms with Crippen LogP contribution < -0.4 is 5.69 Å². The number of nitrogens with zero attached hydrogens (tertiary/aromatic N) is 3. The first-order chi connectivity index (χ1) is 9.79. The second kappa shape index (κ2) is 5.95. The third-order valence-corrected chi connectivity index (χ3v) is 4.66. The van der Waals surface area contributed by atoms with Gasteiger partial charge in [-0.3, -0.25) is 4.57 Å². The highest BCUT2D eigenvalue weighted by Crippen LogP contribution is 2.20. The van der Waals surface area contributed by atoms with E-state index in [9.17, 15) is 4.79 Å². The van der Waals surface area contributed by atoms with E-state index < -0.39 is 0 Å². The van der Waals surface area contributed by atoms with Crippen molar-refractivity contribution in [3.63, 3.8) is 0 Å². The minimum Gasteiger partial charge on any atom is -0.279 e. The van der Waals surface area contributed by atoms with Gasteiger partial charge in [0.2, 0.25) is 0 Å². The summed E-state index contributed by atoms with van der Waals surface area (Å²) in [6.45, 7) is 1.45. The van der Waals surface area contributed by atoms with E-state index in [-0.39, 0.29) is 11.6 Å². The Morgan fingerprint density at radius 1 is 1.25 bits per heavy atom. The van der Waals surface area contributed by atoms with E-state index >= 15 is 0 Å². The quantitative estimate of drug-likeness (QED) is 0.805. The Morgan fingerprint density at radius 2 is 2.05 bits per heavy atom. The maximum atomic E-state index is 12.3. The van der Waals surface area contributed by atoms with Crippen molar-refractivity contribution in [3.8, 4) is 0 Å². The van der Waals surface area contributed by atoms with Gasteiger partial charge in [-0.1, -0.05) is 46.3 Å². The number of hydrogen-bond acceptors (Lipinski definition) is 2. The van der Waals surface area contributed by atoms with Crippen molar-refractivity contribution < 1.29 is 0 Å². The summed E-state index contributed by atoms with van der Waals surface area (Å²) in [6.07, 6.45) is 3.14. The van der Waals surface area contributed by atoms with Crippen LogP contribution in [0.25, 0.3) is 0 Å². The number of alkyl halides is 1. The standard InChI is InChI=1S/C15H18BrN3O/c16-10-13(12-6-2-1-3-7-12)11-19-15(20)18-9-5-4-8-14(18)17-19/h1-3,6-7,13H,4-5,8-11H2. The number of halogens is 1. The lowest BCUT2D eigenvalue weighted by molar-refractivity contribution is 0.506. The topological polar surface area (TPSA) is 39.8 Å². The lowest BCUT2D eigenvalue weighted by Gasteiger charge is -2.13. The van der Waals surface area contributed by atoms with E-state index in [2.05, 4.69) is 33.2 Å². The van der Waals surface area contributed by atoms with E-state index in [1.165, 1.54) is 5.56 Å².